The average Bonchev–Trinajstić information content (AvgIpc) is 3.01. The van der Waals surface area contributed by atoms with Crippen molar-refractivity contribution in [2.45, 2.75) is 36.0 Å². The summed E-state index contributed by atoms with van der Waals surface area (Å²) >= 11 is 3.75. The van der Waals surface area contributed by atoms with Crippen LogP contribution in [0.5, 0.6) is 0 Å². The van der Waals surface area contributed by atoms with Gasteiger partial charge in [0.2, 0.25) is 0 Å². The highest BCUT2D eigenvalue weighted by molar-refractivity contribution is 8.00. The summed E-state index contributed by atoms with van der Waals surface area (Å²) < 4.78 is 0. The molecular formula is C15H18N2S2. The van der Waals surface area contributed by atoms with Crippen LogP contribution >= 0.6 is 23.1 Å². The quantitative estimate of drug-likeness (QED) is 0.935. The molecule has 1 N–H and O–H groups in total. The van der Waals surface area contributed by atoms with Gasteiger partial charge in [-0.3, -0.25) is 0 Å². The number of fused-ring (bicyclic) bond motifs is 1. The first-order valence-corrected chi connectivity index (χ1v) is 8.35. The minimum absolute atomic E-state index is 0.485. The number of thiazole rings is 1. The smallest absolute Gasteiger partial charge is 0.0897 e. The van der Waals surface area contributed by atoms with Crippen molar-refractivity contribution in [3.05, 3.63) is 45.9 Å². The highest BCUT2D eigenvalue weighted by atomic mass is 32.2. The van der Waals surface area contributed by atoms with Gasteiger partial charge in [0.25, 0.3) is 0 Å². The maximum atomic E-state index is 4.59. The van der Waals surface area contributed by atoms with E-state index in [1.165, 1.54) is 16.2 Å². The number of thioether (sulfide) groups is 1. The van der Waals surface area contributed by atoms with Gasteiger partial charge in [-0.2, -0.15) is 0 Å². The van der Waals surface area contributed by atoms with Crippen LogP contribution in [0.25, 0.3) is 0 Å². The third-order valence-corrected chi connectivity index (χ3v) is 5.86. The zero-order chi connectivity index (χ0) is 13.2. The Morgan fingerprint density at radius 2 is 2.26 bits per heavy atom. The molecule has 2 atom stereocenters. The topological polar surface area (TPSA) is 24.9 Å². The van der Waals surface area contributed by atoms with Crippen LogP contribution in [0.1, 0.15) is 16.3 Å². The summed E-state index contributed by atoms with van der Waals surface area (Å²) in [5.74, 6) is 0. The van der Waals surface area contributed by atoms with E-state index < -0.39 is 0 Å². The van der Waals surface area contributed by atoms with Crippen molar-refractivity contribution < 1.29 is 0 Å². The van der Waals surface area contributed by atoms with Crippen molar-refractivity contribution >= 4 is 23.1 Å². The lowest BCUT2D eigenvalue weighted by molar-refractivity contribution is 0.532. The van der Waals surface area contributed by atoms with E-state index in [9.17, 15) is 0 Å². The van der Waals surface area contributed by atoms with E-state index in [1.54, 1.807) is 11.3 Å². The molecule has 0 bridgehead atoms. The summed E-state index contributed by atoms with van der Waals surface area (Å²) in [4.78, 5) is 6.03. The molecule has 100 valence electrons. The monoisotopic (exact) mass is 290 g/mol. The molecule has 0 aliphatic carbocycles. The highest BCUT2D eigenvalue weighted by Gasteiger charge is 2.28. The second-order valence-electron chi connectivity index (χ2n) is 4.93. The van der Waals surface area contributed by atoms with Gasteiger partial charge in [-0.05, 0) is 32.0 Å². The molecule has 3 rings (SSSR count). The van der Waals surface area contributed by atoms with Crippen LogP contribution in [0.2, 0.25) is 0 Å². The van der Waals surface area contributed by atoms with E-state index in [2.05, 4.69) is 53.9 Å². The average molecular weight is 290 g/mol. The lowest BCUT2D eigenvalue weighted by atomic mass is 10.0. The number of aromatic nitrogens is 1. The molecular weight excluding hydrogens is 272 g/mol. The number of rotatable bonds is 4. The number of benzene rings is 1. The fourth-order valence-corrected chi connectivity index (χ4v) is 4.65. The van der Waals surface area contributed by atoms with Crippen molar-refractivity contribution in [3.8, 4) is 0 Å². The molecule has 1 aromatic heterocycles. The van der Waals surface area contributed by atoms with Gasteiger partial charge in [0.1, 0.15) is 0 Å². The molecule has 2 aromatic rings. The zero-order valence-electron chi connectivity index (χ0n) is 11.2. The molecule has 2 nitrogen and oxygen atoms in total. The van der Waals surface area contributed by atoms with Crippen molar-refractivity contribution in [2.24, 2.45) is 0 Å². The van der Waals surface area contributed by atoms with Crippen molar-refractivity contribution in [1.29, 1.82) is 0 Å². The summed E-state index contributed by atoms with van der Waals surface area (Å²) in [6.45, 7) is 2.07. The first kappa shape index (κ1) is 13.2. The minimum Gasteiger partial charge on any atom is -0.315 e. The molecule has 2 heterocycles. The number of nitrogens with zero attached hydrogens (tertiary/aromatic N) is 1. The molecule has 0 spiro atoms. The molecule has 0 fully saturated rings. The first-order valence-electron chi connectivity index (χ1n) is 6.59. The Kier molecular flexibility index (Phi) is 3.91. The third kappa shape index (κ3) is 2.86. The molecule has 1 aromatic carbocycles. The predicted octanol–water partition coefficient (Wildman–Crippen LogP) is 3.30. The highest BCUT2D eigenvalue weighted by Crippen LogP contribution is 2.38. The molecule has 4 heteroatoms. The van der Waals surface area contributed by atoms with Crippen molar-refractivity contribution in [1.82, 2.24) is 10.3 Å². The fourth-order valence-electron chi connectivity index (χ4n) is 2.58. The van der Waals surface area contributed by atoms with Crippen LogP contribution in [-0.2, 0) is 12.8 Å². The molecule has 1 aliphatic heterocycles. The Bertz CT molecular complexity index is 540. The largest absolute Gasteiger partial charge is 0.315 e. The van der Waals surface area contributed by atoms with E-state index in [0.717, 1.165) is 17.8 Å². The van der Waals surface area contributed by atoms with E-state index in [4.69, 9.17) is 0 Å². The van der Waals surface area contributed by atoms with Gasteiger partial charge in [0, 0.05) is 28.0 Å². The van der Waals surface area contributed by atoms with E-state index in [0.29, 0.717) is 11.3 Å². The van der Waals surface area contributed by atoms with Crippen molar-refractivity contribution in [3.63, 3.8) is 0 Å². The summed E-state index contributed by atoms with van der Waals surface area (Å²) in [6, 6.07) is 9.24. The molecule has 2 unspecified atom stereocenters. The summed E-state index contributed by atoms with van der Waals surface area (Å²) in [5.41, 5.74) is 2.71. The summed E-state index contributed by atoms with van der Waals surface area (Å²) in [5, 5.41) is 7.44. The van der Waals surface area contributed by atoms with Crippen LogP contribution in [0, 0.1) is 6.92 Å². The van der Waals surface area contributed by atoms with Crippen LogP contribution in [0.3, 0.4) is 0 Å². The van der Waals surface area contributed by atoms with Gasteiger partial charge in [-0.1, -0.05) is 18.2 Å². The maximum Gasteiger partial charge on any atom is 0.0897 e. The lowest BCUT2D eigenvalue weighted by Gasteiger charge is -2.21. The molecule has 0 radical (unpaired) electrons. The van der Waals surface area contributed by atoms with Crippen LogP contribution < -0.4 is 5.32 Å². The third-order valence-electron chi connectivity index (χ3n) is 3.59. The van der Waals surface area contributed by atoms with Gasteiger partial charge in [-0.15, -0.1) is 23.1 Å². The van der Waals surface area contributed by atoms with Crippen LogP contribution in [0.15, 0.2) is 34.5 Å². The van der Waals surface area contributed by atoms with Gasteiger partial charge in [-0.25, -0.2) is 4.98 Å². The fraction of sp³-hybridized carbons (Fsp3) is 0.400. The second kappa shape index (κ2) is 5.65. The normalized spacial score (nSPS) is 19.4. The van der Waals surface area contributed by atoms with E-state index >= 15 is 0 Å². The number of hydrogen-bond acceptors (Lipinski definition) is 4. The SMILES string of the molecule is CNC(Cc1csc(C)n1)C1Cc2ccccc2S1. The molecule has 0 saturated heterocycles. The Hall–Kier alpha value is -0.840. The molecule has 0 saturated carbocycles. The molecule has 1 aliphatic rings. The van der Waals surface area contributed by atoms with E-state index in [1.807, 2.05) is 11.8 Å². The van der Waals surface area contributed by atoms with Gasteiger partial charge in [0.15, 0.2) is 0 Å². The standard InChI is InChI=1S/C15H18N2S2/c1-10-17-12(9-18-10)8-13(16-2)15-7-11-5-3-4-6-14(11)19-15/h3-6,9,13,15-16H,7-8H2,1-2H3. The predicted molar refractivity (Wildman–Crippen MR) is 83.2 cm³/mol. The van der Waals surface area contributed by atoms with Gasteiger partial charge in [0.05, 0.1) is 10.7 Å². The number of hydrogen-bond donors (Lipinski definition) is 1. The maximum absolute atomic E-state index is 4.59. The van der Waals surface area contributed by atoms with Gasteiger partial charge < -0.3 is 5.32 Å². The Labute approximate surface area is 122 Å². The zero-order valence-corrected chi connectivity index (χ0v) is 12.9. The van der Waals surface area contributed by atoms with Crippen LogP contribution in [-0.4, -0.2) is 23.3 Å². The molecule has 0 amide bonds. The van der Waals surface area contributed by atoms with Crippen molar-refractivity contribution in [2.75, 3.05) is 7.05 Å². The number of likely N-dealkylation sites (N-methyl/N-ethyl adjacent to an activating group) is 1. The Morgan fingerprint density at radius 1 is 1.42 bits per heavy atom. The Balaban J connectivity index is 1.71. The first-order chi connectivity index (χ1) is 9.26. The second-order valence-corrected chi connectivity index (χ2v) is 7.27. The lowest BCUT2D eigenvalue weighted by Crippen LogP contribution is -2.37. The Morgan fingerprint density at radius 3 is 2.95 bits per heavy atom. The number of aryl methyl sites for hydroxylation is 1. The number of nitrogens with one attached hydrogen (secondary N) is 1. The minimum atomic E-state index is 0.485. The molecule has 19 heavy (non-hydrogen) atoms. The van der Waals surface area contributed by atoms with Gasteiger partial charge >= 0.3 is 0 Å². The van der Waals surface area contributed by atoms with Crippen LogP contribution in [0.4, 0.5) is 0 Å². The summed E-state index contributed by atoms with van der Waals surface area (Å²) in [6.07, 6.45) is 2.18. The summed E-state index contributed by atoms with van der Waals surface area (Å²) in [7, 11) is 2.06. The van der Waals surface area contributed by atoms with E-state index in [-0.39, 0.29) is 0 Å².